The van der Waals surface area contributed by atoms with Crippen molar-refractivity contribution in [1.82, 2.24) is 0 Å². The van der Waals surface area contributed by atoms with E-state index in [1.165, 1.54) is 0 Å². The Morgan fingerprint density at radius 2 is 1.59 bits per heavy atom. The number of esters is 2. The molecule has 2 aromatic carbocycles. The number of aliphatic carboxylic acids is 1. The Kier molecular flexibility index (Phi) is 11.6. The Labute approximate surface area is 242 Å². The van der Waals surface area contributed by atoms with Crippen molar-refractivity contribution in [3.63, 3.8) is 0 Å². The number of rotatable bonds is 15. The van der Waals surface area contributed by atoms with Crippen LogP contribution in [0.4, 0.5) is 0 Å². The smallest absolute Gasteiger partial charge is 0.338 e. The molecule has 0 bridgehead atoms. The van der Waals surface area contributed by atoms with Gasteiger partial charge in [-0.2, -0.15) is 0 Å². The van der Waals surface area contributed by atoms with E-state index in [9.17, 15) is 14.4 Å². The van der Waals surface area contributed by atoms with E-state index in [2.05, 4.69) is 13.0 Å². The van der Waals surface area contributed by atoms with Crippen molar-refractivity contribution in [1.29, 1.82) is 0 Å². The summed E-state index contributed by atoms with van der Waals surface area (Å²) in [5.74, 6) is -0.899. The molecule has 2 fully saturated rings. The summed E-state index contributed by atoms with van der Waals surface area (Å²) >= 11 is 0. The molecular weight excluding hydrogens is 520 g/mol. The van der Waals surface area contributed by atoms with Crippen molar-refractivity contribution in [2.45, 2.75) is 83.0 Å². The van der Waals surface area contributed by atoms with E-state index in [1.807, 2.05) is 42.5 Å². The van der Waals surface area contributed by atoms with Gasteiger partial charge >= 0.3 is 17.9 Å². The summed E-state index contributed by atoms with van der Waals surface area (Å²) < 4.78 is 18.1. The minimum atomic E-state index is -0.813. The van der Waals surface area contributed by atoms with E-state index < -0.39 is 5.97 Å². The third-order valence-electron chi connectivity index (χ3n) is 8.23. The summed E-state index contributed by atoms with van der Waals surface area (Å²) in [5, 5.41) is 8.91. The van der Waals surface area contributed by atoms with Crippen LogP contribution in [0.15, 0.2) is 72.8 Å². The number of carboxylic acid groups (broad SMARTS) is 1. The molecule has 0 aliphatic heterocycles. The predicted octanol–water partition coefficient (Wildman–Crippen LogP) is 6.87. The Morgan fingerprint density at radius 1 is 0.902 bits per heavy atom. The molecule has 0 heterocycles. The third-order valence-corrected chi connectivity index (χ3v) is 8.23. The van der Waals surface area contributed by atoms with Crippen LogP contribution in [-0.4, -0.2) is 47.9 Å². The lowest BCUT2D eigenvalue weighted by Crippen LogP contribution is -2.26. The molecule has 6 atom stereocenters. The van der Waals surface area contributed by atoms with Crippen LogP contribution in [0.2, 0.25) is 0 Å². The van der Waals surface area contributed by atoms with Gasteiger partial charge in [0.15, 0.2) is 0 Å². The molecule has 2 unspecified atom stereocenters. The van der Waals surface area contributed by atoms with Crippen molar-refractivity contribution in [2.75, 3.05) is 6.61 Å². The van der Waals surface area contributed by atoms with Crippen LogP contribution in [-0.2, 0) is 19.0 Å². The highest BCUT2D eigenvalue weighted by Crippen LogP contribution is 2.50. The molecule has 4 rings (SSSR count). The molecule has 7 nitrogen and oxygen atoms in total. The normalized spacial score (nSPS) is 24.2. The first kappa shape index (κ1) is 30.5. The summed E-state index contributed by atoms with van der Waals surface area (Å²) in [5.41, 5.74) is 1.05. The van der Waals surface area contributed by atoms with Crippen LogP contribution in [0.3, 0.4) is 0 Å². The maximum atomic E-state index is 13.0. The molecule has 2 aromatic rings. The first-order chi connectivity index (χ1) is 19.9. The first-order valence-electron chi connectivity index (χ1n) is 15.0. The fourth-order valence-electron chi connectivity index (χ4n) is 6.18. The first-order valence-corrected chi connectivity index (χ1v) is 15.0. The Morgan fingerprint density at radius 3 is 2.24 bits per heavy atom. The number of unbranched alkanes of at least 4 members (excludes halogenated alkanes) is 2. The molecule has 2 aliphatic rings. The monoisotopic (exact) mass is 562 g/mol. The summed E-state index contributed by atoms with van der Waals surface area (Å²) in [6, 6.07) is 18.1. The average Bonchev–Trinajstić information content (AvgIpc) is 3.51. The lowest BCUT2D eigenvalue weighted by molar-refractivity contribution is -0.137. The van der Waals surface area contributed by atoms with Gasteiger partial charge in [-0.15, -0.1) is 0 Å². The van der Waals surface area contributed by atoms with Crippen LogP contribution in [0.25, 0.3) is 0 Å². The summed E-state index contributed by atoms with van der Waals surface area (Å²) in [7, 11) is 0. The second kappa shape index (κ2) is 15.5. The summed E-state index contributed by atoms with van der Waals surface area (Å²) in [6.45, 7) is 2.57. The molecule has 41 heavy (non-hydrogen) atoms. The quantitative estimate of drug-likeness (QED) is 0.144. The second-order valence-corrected chi connectivity index (χ2v) is 11.2. The molecule has 1 N–H and O–H groups in total. The highest BCUT2D eigenvalue weighted by molar-refractivity contribution is 5.90. The van der Waals surface area contributed by atoms with Gasteiger partial charge in [0.05, 0.1) is 17.2 Å². The number of carbonyl (C=O) groups excluding carboxylic acids is 2. The van der Waals surface area contributed by atoms with Crippen LogP contribution in [0, 0.1) is 17.8 Å². The molecule has 0 radical (unpaired) electrons. The standard InChI is InChI=1S/C34H42O7/c1-2-3-6-16-27(40-33(37)24-12-7-4-8-13-24)18-19-29-30-23-28(39-20-11-17-32(35)36)21-26(30)22-31(29)41-34(38)25-14-9-5-10-15-25/h4-5,7-10,12-15,18-19,26-31H,2-3,6,11,16-17,20-23H2,1H3,(H,35,36)/t26-,27?,28?,29+,30+,31+/m0/s1. The molecule has 2 saturated carbocycles. The van der Waals surface area contributed by atoms with Crippen molar-refractivity contribution in [3.8, 4) is 0 Å². The number of fused-ring (bicyclic) bond motifs is 1. The molecule has 0 amide bonds. The van der Waals surface area contributed by atoms with Crippen LogP contribution >= 0.6 is 0 Å². The van der Waals surface area contributed by atoms with Gasteiger partial charge in [-0.3, -0.25) is 4.79 Å². The number of carboxylic acids is 1. The Hall–Kier alpha value is -3.45. The lowest BCUT2D eigenvalue weighted by atomic mass is 9.90. The number of hydrogen-bond acceptors (Lipinski definition) is 6. The van der Waals surface area contributed by atoms with Gasteiger partial charge in [0.1, 0.15) is 12.2 Å². The van der Waals surface area contributed by atoms with Gasteiger partial charge in [-0.1, -0.05) is 62.2 Å². The molecule has 220 valence electrons. The van der Waals surface area contributed by atoms with E-state index in [0.717, 1.165) is 44.9 Å². The van der Waals surface area contributed by atoms with Gasteiger partial charge in [-0.25, -0.2) is 9.59 Å². The molecule has 0 spiro atoms. The molecule has 0 aromatic heterocycles. The number of carbonyl (C=O) groups is 3. The van der Waals surface area contributed by atoms with E-state index in [1.54, 1.807) is 24.3 Å². The number of ether oxygens (including phenoxy) is 3. The topological polar surface area (TPSA) is 99.1 Å². The van der Waals surface area contributed by atoms with Gasteiger partial charge in [0.2, 0.25) is 0 Å². The SMILES string of the molecule is CCCCCC(C=C[C@@H]1[C@@H]2CC(OCCCC(=O)O)C[C@H]2C[C@H]1OC(=O)c1ccccc1)OC(=O)c1ccccc1. The largest absolute Gasteiger partial charge is 0.481 e. The van der Waals surface area contributed by atoms with Crippen molar-refractivity contribution in [3.05, 3.63) is 83.9 Å². The van der Waals surface area contributed by atoms with E-state index in [4.69, 9.17) is 19.3 Å². The zero-order valence-electron chi connectivity index (χ0n) is 23.9. The number of hydrogen-bond donors (Lipinski definition) is 1. The van der Waals surface area contributed by atoms with Crippen LogP contribution in [0.1, 0.15) is 85.4 Å². The van der Waals surface area contributed by atoms with Crippen molar-refractivity contribution >= 4 is 17.9 Å². The fraction of sp³-hybridized carbons (Fsp3) is 0.500. The Balaban J connectivity index is 1.47. The molecule has 0 saturated heterocycles. The van der Waals surface area contributed by atoms with Gasteiger partial charge in [0.25, 0.3) is 0 Å². The third kappa shape index (κ3) is 9.02. The van der Waals surface area contributed by atoms with E-state index in [-0.39, 0.29) is 48.5 Å². The highest BCUT2D eigenvalue weighted by atomic mass is 16.5. The number of benzene rings is 2. The van der Waals surface area contributed by atoms with Gasteiger partial charge in [0, 0.05) is 18.9 Å². The zero-order valence-corrected chi connectivity index (χ0v) is 23.9. The Bertz CT molecular complexity index is 1150. The van der Waals surface area contributed by atoms with Crippen LogP contribution < -0.4 is 0 Å². The predicted molar refractivity (Wildman–Crippen MR) is 156 cm³/mol. The van der Waals surface area contributed by atoms with E-state index >= 15 is 0 Å². The van der Waals surface area contributed by atoms with Gasteiger partial charge < -0.3 is 19.3 Å². The van der Waals surface area contributed by atoms with Gasteiger partial charge in [-0.05, 0) is 80.7 Å². The van der Waals surface area contributed by atoms with E-state index in [0.29, 0.717) is 30.1 Å². The second-order valence-electron chi connectivity index (χ2n) is 11.2. The maximum Gasteiger partial charge on any atom is 0.338 e. The highest BCUT2D eigenvalue weighted by Gasteiger charge is 2.49. The lowest BCUT2D eigenvalue weighted by Gasteiger charge is -2.24. The minimum absolute atomic E-state index is 0.0237. The average molecular weight is 563 g/mol. The maximum absolute atomic E-state index is 13.0. The van der Waals surface area contributed by atoms with Crippen molar-refractivity contribution in [2.24, 2.45) is 17.8 Å². The van der Waals surface area contributed by atoms with Crippen molar-refractivity contribution < 1.29 is 33.7 Å². The summed E-state index contributed by atoms with van der Waals surface area (Å²) in [4.78, 5) is 36.7. The zero-order chi connectivity index (χ0) is 29.0. The fourth-order valence-corrected chi connectivity index (χ4v) is 6.18. The summed E-state index contributed by atoms with van der Waals surface area (Å²) in [6.07, 6.45) is 10.4. The minimum Gasteiger partial charge on any atom is -0.481 e. The molecule has 7 heteroatoms. The molecule has 2 aliphatic carbocycles. The molecular formula is C34H42O7. The van der Waals surface area contributed by atoms with Crippen LogP contribution in [0.5, 0.6) is 0 Å².